The van der Waals surface area contributed by atoms with E-state index in [1.54, 1.807) is 0 Å². The van der Waals surface area contributed by atoms with Gasteiger partial charge in [0.2, 0.25) is 0 Å². The van der Waals surface area contributed by atoms with E-state index in [2.05, 4.69) is 98.8 Å². The molecule has 0 atom stereocenters. The lowest BCUT2D eigenvalue weighted by atomic mass is 9.93. The van der Waals surface area contributed by atoms with Crippen LogP contribution in [0.5, 0.6) is 0 Å². The van der Waals surface area contributed by atoms with Crippen LogP contribution in [0.3, 0.4) is 0 Å². The number of hydrogen-bond acceptors (Lipinski definition) is 0. The van der Waals surface area contributed by atoms with E-state index in [1.807, 2.05) is 0 Å². The van der Waals surface area contributed by atoms with Gasteiger partial charge in [0.05, 0.1) is 0 Å². The van der Waals surface area contributed by atoms with Crippen molar-refractivity contribution in [3.05, 3.63) is 96.1 Å². The van der Waals surface area contributed by atoms with Crippen LogP contribution in [0.25, 0.3) is 53.9 Å². The van der Waals surface area contributed by atoms with Crippen molar-refractivity contribution >= 4 is 53.9 Å². The van der Waals surface area contributed by atoms with E-state index >= 15 is 0 Å². The van der Waals surface area contributed by atoms with E-state index in [0.29, 0.717) is 0 Å². The molecule has 0 unspecified atom stereocenters. The molecular formula is C30H24. The first kappa shape index (κ1) is 17.5. The molecule has 0 N–H and O–H groups in total. The van der Waals surface area contributed by atoms with Crippen LogP contribution in [0.15, 0.2) is 84.9 Å². The first-order chi connectivity index (χ1) is 14.7. The van der Waals surface area contributed by atoms with E-state index < -0.39 is 0 Å². The largest absolute Gasteiger partial charge is 0.0613 e. The zero-order valence-electron chi connectivity index (χ0n) is 17.5. The van der Waals surface area contributed by atoms with Gasteiger partial charge in [-0.3, -0.25) is 0 Å². The highest BCUT2D eigenvalue weighted by Gasteiger charge is 2.08. The number of fused-ring (bicyclic) bond motifs is 7. The highest BCUT2D eigenvalue weighted by molar-refractivity contribution is 6.20. The van der Waals surface area contributed by atoms with E-state index in [9.17, 15) is 0 Å². The summed E-state index contributed by atoms with van der Waals surface area (Å²) in [7, 11) is 0. The third kappa shape index (κ3) is 2.60. The molecule has 6 aromatic rings. The Morgan fingerprint density at radius 2 is 0.800 bits per heavy atom. The van der Waals surface area contributed by atoms with Crippen LogP contribution in [0.1, 0.15) is 25.0 Å². The van der Waals surface area contributed by atoms with Gasteiger partial charge in [-0.05, 0) is 102 Å². The van der Waals surface area contributed by atoms with Crippen LogP contribution in [0.2, 0.25) is 0 Å². The molecule has 6 rings (SSSR count). The van der Waals surface area contributed by atoms with Crippen LogP contribution in [-0.2, 0) is 12.8 Å². The molecule has 0 spiro atoms. The van der Waals surface area contributed by atoms with E-state index in [0.717, 1.165) is 12.8 Å². The molecule has 0 bridgehead atoms. The van der Waals surface area contributed by atoms with Gasteiger partial charge in [0.15, 0.2) is 0 Å². The molecule has 0 heteroatoms. The second-order valence-corrected chi connectivity index (χ2v) is 8.44. The Bertz CT molecular complexity index is 1480. The summed E-state index contributed by atoms with van der Waals surface area (Å²) in [4.78, 5) is 0. The van der Waals surface area contributed by atoms with Crippen molar-refractivity contribution in [2.75, 3.05) is 0 Å². The van der Waals surface area contributed by atoms with Crippen molar-refractivity contribution in [2.24, 2.45) is 0 Å². The van der Waals surface area contributed by atoms with Crippen molar-refractivity contribution in [1.82, 2.24) is 0 Å². The minimum Gasteiger partial charge on any atom is -0.0613 e. The second-order valence-electron chi connectivity index (χ2n) is 8.44. The number of aryl methyl sites for hydroxylation is 2. The summed E-state index contributed by atoms with van der Waals surface area (Å²) in [6, 6.07) is 32.3. The van der Waals surface area contributed by atoms with Gasteiger partial charge in [0, 0.05) is 0 Å². The van der Waals surface area contributed by atoms with Gasteiger partial charge in [-0.15, -0.1) is 0 Å². The lowest BCUT2D eigenvalue weighted by molar-refractivity contribution is 1.15. The molecule has 144 valence electrons. The predicted octanol–water partition coefficient (Wildman–Crippen LogP) is 8.58. The summed E-state index contributed by atoms with van der Waals surface area (Å²) in [5.41, 5.74) is 2.79. The number of benzene rings is 6. The van der Waals surface area contributed by atoms with E-state index in [4.69, 9.17) is 0 Å². The molecule has 30 heavy (non-hydrogen) atoms. The van der Waals surface area contributed by atoms with Gasteiger partial charge < -0.3 is 0 Å². The first-order valence-corrected chi connectivity index (χ1v) is 11.0. The van der Waals surface area contributed by atoms with Crippen molar-refractivity contribution in [2.45, 2.75) is 26.7 Å². The summed E-state index contributed by atoms with van der Waals surface area (Å²) in [5, 5.41) is 13.3. The minimum atomic E-state index is 1.07. The molecule has 0 radical (unpaired) electrons. The summed E-state index contributed by atoms with van der Waals surface area (Å²) in [6.45, 7) is 4.43. The molecule has 0 saturated carbocycles. The highest BCUT2D eigenvalue weighted by atomic mass is 14.1. The van der Waals surface area contributed by atoms with Crippen LogP contribution >= 0.6 is 0 Å². The van der Waals surface area contributed by atoms with Crippen molar-refractivity contribution in [3.8, 4) is 0 Å². The molecule has 0 aliphatic heterocycles. The highest BCUT2D eigenvalue weighted by Crippen LogP contribution is 2.35. The number of rotatable bonds is 2. The van der Waals surface area contributed by atoms with Gasteiger partial charge in [-0.1, -0.05) is 74.5 Å². The topological polar surface area (TPSA) is 0 Å². The molecule has 0 aromatic heterocycles. The zero-order valence-corrected chi connectivity index (χ0v) is 17.5. The molecule has 0 aliphatic carbocycles. The van der Waals surface area contributed by atoms with Crippen molar-refractivity contribution in [1.29, 1.82) is 0 Å². The monoisotopic (exact) mass is 384 g/mol. The fourth-order valence-corrected chi connectivity index (χ4v) is 4.91. The standard InChI is InChI=1S/C30H24/c1-3-19-5-7-21-17-29-23(15-25(21)13-19)9-11-28-27(29)12-10-24-16-26-14-20(4-2)6-8-22(26)18-30(24)28/h5-18H,3-4H2,1-2H3. The number of hydrogen-bond donors (Lipinski definition) is 0. The van der Waals surface area contributed by atoms with E-state index in [1.165, 1.54) is 65.0 Å². The Kier molecular flexibility index (Phi) is 3.83. The molecule has 0 aliphatic rings. The maximum atomic E-state index is 2.37. The third-order valence-corrected chi connectivity index (χ3v) is 6.69. The normalized spacial score (nSPS) is 11.9. The lowest BCUT2D eigenvalue weighted by Crippen LogP contribution is -1.85. The average Bonchev–Trinajstić information content (AvgIpc) is 2.80. The third-order valence-electron chi connectivity index (χ3n) is 6.69. The Hall–Kier alpha value is -3.38. The average molecular weight is 385 g/mol. The summed E-state index contributed by atoms with van der Waals surface area (Å²) >= 11 is 0. The molecule has 0 nitrogen and oxygen atoms in total. The maximum Gasteiger partial charge on any atom is -0.00987 e. The Morgan fingerprint density at radius 1 is 0.367 bits per heavy atom. The van der Waals surface area contributed by atoms with Crippen molar-refractivity contribution in [3.63, 3.8) is 0 Å². The minimum absolute atomic E-state index is 1.07. The van der Waals surface area contributed by atoms with Gasteiger partial charge in [-0.25, -0.2) is 0 Å². The van der Waals surface area contributed by atoms with Gasteiger partial charge >= 0.3 is 0 Å². The summed E-state index contributed by atoms with van der Waals surface area (Å²) in [6.07, 6.45) is 2.15. The fourth-order valence-electron chi connectivity index (χ4n) is 4.91. The zero-order chi connectivity index (χ0) is 20.2. The van der Waals surface area contributed by atoms with Crippen molar-refractivity contribution < 1.29 is 0 Å². The SMILES string of the molecule is CCc1ccc2cc3c(ccc4c5cc6ccc(CC)cc6cc5ccc34)cc2c1. The van der Waals surface area contributed by atoms with Crippen LogP contribution in [0, 0.1) is 0 Å². The summed E-state index contributed by atoms with van der Waals surface area (Å²) < 4.78 is 0. The lowest BCUT2D eigenvalue weighted by Gasteiger charge is -2.11. The molecule has 0 amide bonds. The second kappa shape index (κ2) is 6.57. The molecule has 0 saturated heterocycles. The van der Waals surface area contributed by atoms with Crippen LogP contribution in [0.4, 0.5) is 0 Å². The molecule has 0 heterocycles. The Morgan fingerprint density at radius 3 is 1.23 bits per heavy atom. The fraction of sp³-hybridized carbons (Fsp3) is 0.133. The molecule has 0 fully saturated rings. The van der Waals surface area contributed by atoms with Crippen LogP contribution < -0.4 is 0 Å². The van der Waals surface area contributed by atoms with Crippen LogP contribution in [-0.4, -0.2) is 0 Å². The quantitative estimate of drug-likeness (QED) is 0.207. The van der Waals surface area contributed by atoms with Gasteiger partial charge in [-0.2, -0.15) is 0 Å². The molecular weight excluding hydrogens is 360 g/mol. The Labute approximate surface area is 176 Å². The maximum absolute atomic E-state index is 2.37. The Balaban J connectivity index is 1.67. The van der Waals surface area contributed by atoms with Gasteiger partial charge in [0.1, 0.15) is 0 Å². The van der Waals surface area contributed by atoms with E-state index in [-0.39, 0.29) is 0 Å². The predicted molar refractivity (Wildman–Crippen MR) is 133 cm³/mol. The van der Waals surface area contributed by atoms with Gasteiger partial charge in [0.25, 0.3) is 0 Å². The smallest absolute Gasteiger partial charge is 0.00987 e. The summed E-state index contributed by atoms with van der Waals surface area (Å²) in [5.74, 6) is 0. The molecule has 6 aromatic carbocycles. The first-order valence-electron chi connectivity index (χ1n) is 11.0.